The third kappa shape index (κ3) is 4.81. The number of hydrogen-bond donors (Lipinski definition) is 3. The molecule has 1 heterocycles. The van der Waals surface area contributed by atoms with E-state index in [2.05, 4.69) is 14.4 Å². The summed E-state index contributed by atoms with van der Waals surface area (Å²) >= 11 is 6.07. The Morgan fingerprint density at radius 3 is 2.41 bits per heavy atom. The monoisotopic (exact) mass is 427 g/mol. The summed E-state index contributed by atoms with van der Waals surface area (Å²) in [6.45, 7) is 0.249. The van der Waals surface area contributed by atoms with E-state index in [-0.39, 0.29) is 11.4 Å². The van der Waals surface area contributed by atoms with Crippen LogP contribution in [0.2, 0.25) is 5.02 Å². The maximum Gasteiger partial charge on any atom is 0.261 e. The zero-order valence-electron chi connectivity index (χ0n) is 14.4. The summed E-state index contributed by atoms with van der Waals surface area (Å²) in [6, 6.07) is 11.5. The van der Waals surface area contributed by atoms with Crippen molar-refractivity contribution in [1.29, 1.82) is 0 Å². The molecule has 1 aromatic heterocycles. The van der Waals surface area contributed by atoms with Crippen LogP contribution in [0.15, 0.2) is 53.6 Å². The van der Waals surface area contributed by atoms with Crippen molar-refractivity contribution in [3.05, 3.63) is 59.2 Å². The van der Waals surface area contributed by atoms with Crippen LogP contribution in [-0.2, 0) is 26.5 Å². The Bertz CT molecular complexity index is 1170. The Hall–Kier alpha value is -2.07. The van der Waals surface area contributed by atoms with E-state index >= 15 is 0 Å². The molecule has 0 spiro atoms. The molecule has 3 aromatic rings. The van der Waals surface area contributed by atoms with Crippen LogP contribution >= 0.6 is 11.6 Å². The Labute approximate surface area is 162 Å². The second-order valence-corrected chi connectivity index (χ2v) is 9.95. The quantitative estimate of drug-likeness (QED) is 0.538. The van der Waals surface area contributed by atoms with Crippen molar-refractivity contribution in [2.45, 2.75) is 11.3 Å². The first-order valence-corrected chi connectivity index (χ1v) is 11.7. The summed E-state index contributed by atoms with van der Waals surface area (Å²) in [5.41, 5.74) is 1.83. The Morgan fingerprint density at radius 1 is 1.04 bits per heavy atom. The number of para-hydroxylation sites is 1. The standard InChI is InChI=1S/C17H18ClN3O4S2/c1-26(22,23)20-10-9-12-5-7-13(8-6-12)27(24,25)21-16-4-2-3-14-15(18)11-19-17(14)16/h2-8,11,19-21H,9-10H2,1H3. The lowest BCUT2D eigenvalue weighted by atomic mass is 10.2. The molecule has 0 saturated heterocycles. The van der Waals surface area contributed by atoms with E-state index in [1.807, 2.05) is 0 Å². The van der Waals surface area contributed by atoms with Crippen LogP contribution in [0.5, 0.6) is 0 Å². The van der Waals surface area contributed by atoms with Crippen molar-refractivity contribution >= 4 is 48.2 Å². The fraction of sp³-hybridized carbons (Fsp3) is 0.176. The Balaban J connectivity index is 1.76. The van der Waals surface area contributed by atoms with Crippen LogP contribution in [0.4, 0.5) is 5.69 Å². The van der Waals surface area contributed by atoms with Crippen molar-refractivity contribution in [2.75, 3.05) is 17.5 Å². The number of rotatable bonds is 7. The minimum absolute atomic E-state index is 0.108. The number of aromatic amines is 1. The SMILES string of the molecule is CS(=O)(=O)NCCc1ccc(S(=O)(=O)Nc2cccc3c(Cl)c[nH]c23)cc1. The van der Waals surface area contributed by atoms with E-state index in [0.29, 0.717) is 22.6 Å². The minimum Gasteiger partial charge on any atom is -0.358 e. The molecule has 2 aromatic carbocycles. The van der Waals surface area contributed by atoms with Gasteiger partial charge in [-0.2, -0.15) is 0 Å². The van der Waals surface area contributed by atoms with Crippen LogP contribution < -0.4 is 9.44 Å². The molecular weight excluding hydrogens is 410 g/mol. The number of aromatic nitrogens is 1. The molecule has 3 rings (SSSR count). The molecule has 0 aliphatic carbocycles. The van der Waals surface area contributed by atoms with E-state index < -0.39 is 20.0 Å². The van der Waals surface area contributed by atoms with Crippen LogP contribution in [0.25, 0.3) is 10.9 Å². The molecule has 0 unspecified atom stereocenters. The third-order valence-electron chi connectivity index (χ3n) is 3.92. The van der Waals surface area contributed by atoms with Crippen molar-refractivity contribution in [1.82, 2.24) is 9.71 Å². The lowest BCUT2D eigenvalue weighted by molar-refractivity contribution is 0.588. The highest BCUT2D eigenvalue weighted by Crippen LogP contribution is 2.29. The molecule has 27 heavy (non-hydrogen) atoms. The van der Waals surface area contributed by atoms with Gasteiger partial charge in [0, 0.05) is 18.1 Å². The molecule has 0 aliphatic heterocycles. The van der Waals surface area contributed by atoms with Gasteiger partial charge in [0.1, 0.15) is 0 Å². The van der Waals surface area contributed by atoms with Gasteiger partial charge in [0.15, 0.2) is 0 Å². The molecule has 0 radical (unpaired) electrons. The van der Waals surface area contributed by atoms with Gasteiger partial charge < -0.3 is 4.98 Å². The van der Waals surface area contributed by atoms with E-state index in [1.165, 1.54) is 12.1 Å². The molecule has 144 valence electrons. The molecule has 3 N–H and O–H groups in total. The average Bonchev–Trinajstić information content (AvgIpc) is 2.96. The van der Waals surface area contributed by atoms with Gasteiger partial charge in [0.05, 0.1) is 27.4 Å². The zero-order valence-corrected chi connectivity index (χ0v) is 16.7. The van der Waals surface area contributed by atoms with Crippen molar-refractivity contribution < 1.29 is 16.8 Å². The molecular formula is C17H18ClN3O4S2. The highest BCUT2D eigenvalue weighted by atomic mass is 35.5. The van der Waals surface area contributed by atoms with Crippen LogP contribution in [0.3, 0.4) is 0 Å². The molecule has 0 amide bonds. The minimum atomic E-state index is -3.78. The van der Waals surface area contributed by atoms with Crippen molar-refractivity contribution in [3.8, 4) is 0 Å². The predicted octanol–water partition coefficient (Wildman–Crippen LogP) is 2.71. The first kappa shape index (κ1) is 19.7. The molecule has 0 aliphatic rings. The molecule has 0 saturated carbocycles. The van der Waals surface area contributed by atoms with Gasteiger partial charge in [-0.15, -0.1) is 0 Å². The number of nitrogens with one attached hydrogen (secondary N) is 3. The fourth-order valence-electron chi connectivity index (χ4n) is 2.62. The normalized spacial score (nSPS) is 12.4. The summed E-state index contributed by atoms with van der Waals surface area (Å²) in [4.78, 5) is 3.07. The number of anilines is 1. The van der Waals surface area contributed by atoms with Crippen LogP contribution in [-0.4, -0.2) is 34.6 Å². The largest absolute Gasteiger partial charge is 0.358 e. The predicted molar refractivity (Wildman–Crippen MR) is 107 cm³/mol. The summed E-state index contributed by atoms with van der Waals surface area (Å²) < 4.78 is 52.4. The number of benzene rings is 2. The van der Waals surface area contributed by atoms with Crippen LogP contribution in [0, 0.1) is 0 Å². The summed E-state index contributed by atoms with van der Waals surface area (Å²) in [6.07, 6.45) is 3.15. The van der Waals surface area contributed by atoms with E-state index in [4.69, 9.17) is 11.6 Å². The molecule has 0 bridgehead atoms. The highest BCUT2D eigenvalue weighted by molar-refractivity contribution is 7.92. The van der Waals surface area contributed by atoms with Gasteiger partial charge in [-0.05, 0) is 30.2 Å². The van der Waals surface area contributed by atoms with Crippen LogP contribution in [0.1, 0.15) is 5.56 Å². The number of fused-ring (bicyclic) bond motifs is 1. The van der Waals surface area contributed by atoms with E-state index in [1.54, 1.807) is 36.5 Å². The number of sulfonamides is 2. The van der Waals surface area contributed by atoms with Crippen molar-refractivity contribution in [2.24, 2.45) is 0 Å². The maximum absolute atomic E-state index is 12.7. The molecule has 0 atom stereocenters. The number of H-pyrrole nitrogens is 1. The Kier molecular flexibility index (Phi) is 5.48. The maximum atomic E-state index is 12.7. The number of hydrogen-bond acceptors (Lipinski definition) is 4. The van der Waals surface area contributed by atoms with Gasteiger partial charge in [0.25, 0.3) is 10.0 Å². The summed E-state index contributed by atoms with van der Waals surface area (Å²) in [5, 5.41) is 1.24. The summed E-state index contributed by atoms with van der Waals surface area (Å²) in [5.74, 6) is 0. The van der Waals surface area contributed by atoms with Gasteiger partial charge in [-0.25, -0.2) is 21.6 Å². The zero-order chi connectivity index (χ0) is 19.7. The lowest BCUT2D eigenvalue weighted by Gasteiger charge is -2.10. The smallest absolute Gasteiger partial charge is 0.261 e. The first-order chi connectivity index (χ1) is 12.7. The second kappa shape index (κ2) is 7.51. The fourth-order valence-corrected chi connectivity index (χ4v) is 4.38. The summed E-state index contributed by atoms with van der Waals surface area (Å²) in [7, 11) is -7.03. The van der Waals surface area contributed by atoms with Gasteiger partial charge >= 0.3 is 0 Å². The van der Waals surface area contributed by atoms with Crippen molar-refractivity contribution in [3.63, 3.8) is 0 Å². The Morgan fingerprint density at radius 2 is 1.74 bits per heavy atom. The molecule has 7 nitrogen and oxygen atoms in total. The molecule has 0 fully saturated rings. The second-order valence-electron chi connectivity index (χ2n) is 6.03. The van der Waals surface area contributed by atoms with Gasteiger partial charge in [-0.1, -0.05) is 35.9 Å². The first-order valence-electron chi connectivity index (χ1n) is 7.98. The van der Waals surface area contributed by atoms with E-state index in [0.717, 1.165) is 17.2 Å². The third-order valence-corrected chi connectivity index (χ3v) is 6.34. The highest BCUT2D eigenvalue weighted by Gasteiger charge is 2.16. The average molecular weight is 428 g/mol. The van der Waals surface area contributed by atoms with E-state index in [9.17, 15) is 16.8 Å². The van der Waals surface area contributed by atoms with Gasteiger partial charge in [-0.3, -0.25) is 4.72 Å². The number of halogens is 1. The lowest BCUT2D eigenvalue weighted by Crippen LogP contribution is -2.24. The molecule has 10 heteroatoms. The van der Waals surface area contributed by atoms with Gasteiger partial charge in [0.2, 0.25) is 10.0 Å². The topological polar surface area (TPSA) is 108 Å².